The second-order valence-corrected chi connectivity index (χ2v) is 15.3. The van der Waals surface area contributed by atoms with Crippen LogP contribution in [0, 0.1) is 23.1 Å². The molecule has 1 aliphatic heterocycles. The van der Waals surface area contributed by atoms with Gasteiger partial charge in [0.15, 0.2) is 0 Å². The van der Waals surface area contributed by atoms with E-state index in [0.717, 1.165) is 29.7 Å². The summed E-state index contributed by atoms with van der Waals surface area (Å²) in [7, 11) is 0. The number of carbonyl (C=O) groups is 2. The summed E-state index contributed by atoms with van der Waals surface area (Å²) in [6.45, 7) is 5.47. The Bertz CT molecular complexity index is 1620. The summed E-state index contributed by atoms with van der Waals surface area (Å²) in [6.07, 6.45) is 1.77. The molecule has 4 atom stereocenters. The van der Waals surface area contributed by atoms with Crippen LogP contribution in [-0.2, 0) is 33.0 Å². The molecular weight excluding hydrogens is 619 g/mol. The van der Waals surface area contributed by atoms with Crippen molar-refractivity contribution in [2.75, 3.05) is 11.9 Å². The maximum Gasteiger partial charge on any atom is 0.410 e. The van der Waals surface area contributed by atoms with Gasteiger partial charge < -0.3 is 19.7 Å². The lowest BCUT2D eigenvalue weighted by molar-refractivity contribution is -0.120. The van der Waals surface area contributed by atoms with E-state index in [-0.39, 0.29) is 25.3 Å². The van der Waals surface area contributed by atoms with E-state index in [1.54, 1.807) is 36.4 Å². The Kier molecular flexibility index (Phi) is 10.6. The van der Waals surface area contributed by atoms with Crippen LogP contribution >= 0.6 is 0 Å². The summed E-state index contributed by atoms with van der Waals surface area (Å²) in [6, 6.07) is 21.6. The Morgan fingerprint density at radius 1 is 1.09 bits per heavy atom. The smallest absolute Gasteiger partial charge is 0.410 e. The minimum atomic E-state index is -1.57. The summed E-state index contributed by atoms with van der Waals surface area (Å²) in [5.74, 6) is -0.854. The summed E-state index contributed by atoms with van der Waals surface area (Å²) >= 11 is -1.57. The maximum atomic E-state index is 15.5. The Hall–Kier alpha value is -3.95. The summed E-state index contributed by atoms with van der Waals surface area (Å²) < 4.78 is 37.3. The second kappa shape index (κ2) is 14.4. The number of β-amino-alcohol motifs (C(OH)–C–C–N with tert-alkyl or cyclic N) is 1. The predicted octanol–water partition coefficient (Wildman–Crippen LogP) is 5.89. The Labute approximate surface area is 278 Å². The highest BCUT2D eigenvalue weighted by Gasteiger charge is 2.44. The molecule has 1 saturated heterocycles. The van der Waals surface area contributed by atoms with Crippen molar-refractivity contribution in [3.63, 3.8) is 0 Å². The van der Waals surface area contributed by atoms with Crippen LogP contribution in [-0.4, -0.2) is 50.0 Å². The van der Waals surface area contributed by atoms with Crippen molar-refractivity contribution in [3.05, 3.63) is 101 Å². The van der Waals surface area contributed by atoms with Gasteiger partial charge in [-0.25, -0.2) is 9.18 Å². The zero-order chi connectivity index (χ0) is 33.8. The zero-order valence-electron chi connectivity index (χ0n) is 26.9. The third-order valence-electron chi connectivity index (χ3n) is 8.67. The molecule has 2 amide bonds. The van der Waals surface area contributed by atoms with E-state index < -0.39 is 51.6 Å². The Morgan fingerprint density at radius 3 is 2.49 bits per heavy atom. The van der Waals surface area contributed by atoms with E-state index in [1.165, 1.54) is 12.1 Å². The van der Waals surface area contributed by atoms with E-state index in [9.17, 15) is 24.5 Å². The highest BCUT2D eigenvalue weighted by molar-refractivity contribution is 7.90. The molecule has 0 spiro atoms. The number of ether oxygens (including phenoxy) is 1. The van der Waals surface area contributed by atoms with Gasteiger partial charge >= 0.3 is 6.09 Å². The standard InChI is InChI=1S/C36H41FN4O5S/c1-35(2,3)47(45)40-36(17-16-24-12-13-24,27-11-7-10-26(18-27)21-38)28-14-15-30(37)31(19-28)39-33(43)32-20-29(42)22-41(32)34(44)46-23-25-8-5-4-6-9-25/h4-11,14-15,18-19,24,29,32,40,42H,12-13,16-17,20,22-23H2,1-3H3,(H,39,43)/t29-,32-,36?,47?/m1/s1. The molecule has 248 valence electrons. The van der Waals surface area contributed by atoms with Crippen LogP contribution in [0.2, 0.25) is 0 Å². The van der Waals surface area contributed by atoms with Gasteiger partial charge in [-0.05, 0) is 80.5 Å². The summed E-state index contributed by atoms with van der Waals surface area (Å²) in [5, 5.41) is 22.7. The molecule has 47 heavy (non-hydrogen) atoms. The molecule has 2 unspecified atom stereocenters. The highest BCUT2D eigenvalue weighted by atomic mass is 32.2. The molecule has 0 radical (unpaired) electrons. The molecule has 5 rings (SSSR count). The number of benzene rings is 3. The van der Waals surface area contributed by atoms with Crippen molar-refractivity contribution in [3.8, 4) is 6.07 Å². The second-order valence-electron chi connectivity index (χ2n) is 13.3. The number of amides is 2. The van der Waals surface area contributed by atoms with Crippen molar-refractivity contribution >= 4 is 29.0 Å². The van der Waals surface area contributed by atoms with Crippen molar-refractivity contribution < 1.29 is 28.4 Å². The van der Waals surface area contributed by atoms with E-state index in [4.69, 9.17) is 4.74 Å². The molecule has 1 saturated carbocycles. The van der Waals surface area contributed by atoms with E-state index >= 15 is 4.39 Å². The van der Waals surface area contributed by atoms with Crippen LogP contribution < -0.4 is 10.0 Å². The van der Waals surface area contributed by atoms with Crippen molar-refractivity contribution in [1.82, 2.24) is 9.62 Å². The maximum absolute atomic E-state index is 15.5. The molecule has 2 aliphatic rings. The van der Waals surface area contributed by atoms with Crippen molar-refractivity contribution in [1.29, 1.82) is 5.26 Å². The number of carbonyl (C=O) groups excluding carboxylic acids is 2. The lowest BCUT2D eigenvalue weighted by atomic mass is 9.79. The molecule has 1 aliphatic carbocycles. The number of hydrogen-bond acceptors (Lipinski definition) is 7. The van der Waals surface area contributed by atoms with Crippen LogP contribution in [0.5, 0.6) is 0 Å². The molecule has 0 aromatic heterocycles. The van der Waals surface area contributed by atoms with Crippen LogP contribution in [0.4, 0.5) is 14.9 Å². The van der Waals surface area contributed by atoms with Crippen LogP contribution in [0.3, 0.4) is 0 Å². The van der Waals surface area contributed by atoms with Gasteiger partial charge in [-0.15, -0.1) is 4.72 Å². The first-order valence-corrected chi connectivity index (χ1v) is 17.0. The lowest BCUT2D eigenvalue weighted by Gasteiger charge is -2.39. The van der Waals surface area contributed by atoms with Gasteiger partial charge in [-0.1, -0.05) is 61.4 Å². The van der Waals surface area contributed by atoms with Gasteiger partial charge in [0.25, 0.3) is 0 Å². The first kappa shape index (κ1) is 34.4. The molecule has 3 N–H and O–H groups in total. The van der Waals surface area contributed by atoms with Crippen molar-refractivity contribution in [2.45, 2.75) is 81.9 Å². The zero-order valence-corrected chi connectivity index (χ0v) is 27.7. The molecular formula is C36H41FN4O5S. The third kappa shape index (κ3) is 8.32. The number of hydrogen-bond donors (Lipinski definition) is 3. The van der Waals surface area contributed by atoms with Gasteiger partial charge in [0.1, 0.15) is 28.8 Å². The van der Waals surface area contributed by atoms with Crippen LogP contribution in [0.25, 0.3) is 0 Å². The van der Waals surface area contributed by atoms with E-state index in [1.807, 2.05) is 45.0 Å². The fraction of sp³-hybridized carbons (Fsp3) is 0.417. The van der Waals surface area contributed by atoms with Gasteiger partial charge in [0.2, 0.25) is 5.91 Å². The molecule has 9 nitrogen and oxygen atoms in total. The quantitative estimate of drug-likeness (QED) is 0.218. The summed E-state index contributed by atoms with van der Waals surface area (Å²) in [5.41, 5.74) is 1.25. The van der Waals surface area contributed by atoms with Gasteiger partial charge in [0, 0.05) is 17.8 Å². The van der Waals surface area contributed by atoms with Crippen molar-refractivity contribution in [2.24, 2.45) is 5.92 Å². The normalized spacial score (nSPS) is 19.8. The third-order valence-corrected chi connectivity index (χ3v) is 10.3. The average molecular weight is 661 g/mol. The fourth-order valence-corrected chi connectivity index (χ4v) is 6.75. The summed E-state index contributed by atoms with van der Waals surface area (Å²) in [4.78, 5) is 27.8. The van der Waals surface area contributed by atoms with Gasteiger partial charge in [-0.2, -0.15) is 5.26 Å². The molecule has 2 fully saturated rings. The van der Waals surface area contributed by atoms with E-state index in [0.29, 0.717) is 29.0 Å². The monoisotopic (exact) mass is 660 g/mol. The fourth-order valence-electron chi connectivity index (χ4n) is 5.79. The van der Waals surface area contributed by atoms with Crippen LogP contribution in [0.15, 0.2) is 72.8 Å². The number of aliphatic hydroxyl groups is 1. The molecule has 1 heterocycles. The number of anilines is 1. The van der Waals surface area contributed by atoms with Crippen LogP contribution in [0.1, 0.15) is 75.1 Å². The first-order valence-electron chi connectivity index (χ1n) is 15.9. The number of nitrogens with zero attached hydrogens (tertiary/aromatic N) is 2. The minimum absolute atomic E-state index is 0.00381. The Morgan fingerprint density at radius 2 is 1.81 bits per heavy atom. The number of nitriles is 1. The van der Waals surface area contributed by atoms with Gasteiger partial charge in [-0.3, -0.25) is 9.69 Å². The predicted molar refractivity (Wildman–Crippen MR) is 178 cm³/mol. The molecule has 11 heteroatoms. The molecule has 3 aromatic carbocycles. The lowest BCUT2D eigenvalue weighted by Crippen LogP contribution is -2.52. The average Bonchev–Trinajstić information content (AvgIpc) is 3.81. The number of halogens is 1. The molecule has 0 bridgehead atoms. The SMILES string of the molecule is CC(C)(C)[S+]([O-])NC(CCC1CC1)(c1cccc(C#N)c1)c1ccc(F)c(NC(=O)[C@H]2C[C@@H](O)CN2C(=O)OCc2ccccc2)c1. The minimum Gasteiger partial charge on any atom is -0.598 e. The van der Waals surface area contributed by atoms with Gasteiger partial charge in [0.05, 0.1) is 30.0 Å². The topological polar surface area (TPSA) is 138 Å². The largest absolute Gasteiger partial charge is 0.598 e. The van der Waals surface area contributed by atoms with E-state index in [2.05, 4.69) is 16.1 Å². The number of nitrogens with one attached hydrogen (secondary N) is 2. The Balaban J connectivity index is 1.46. The first-order chi connectivity index (χ1) is 22.4. The number of rotatable bonds is 11. The highest BCUT2D eigenvalue weighted by Crippen LogP contribution is 2.43. The number of likely N-dealkylation sites (tertiary alicyclic amines) is 1. The molecule has 3 aromatic rings. The number of aliphatic hydroxyl groups excluding tert-OH is 1.